The Labute approximate surface area is 474 Å². The fourth-order valence-electron chi connectivity index (χ4n) is 10.5. The van der Waals surface area contributed by atoms with Gasteiger partial charge in [-0.3, -0.25) is 14.4 Å². The molecule has 0 aliphatic heterocycles. The van der Waals surface area contributed by atoms with Crippen molar-refractivity contribution in [3.05, 3.63) is 24.3 Å². The second kappa shape index (κ2) is 65.4. The van der Waals surface area contributed by atoms with E-state index in [1.165, 1.54) is 283 Å². The van der Waals surface area contributed by atoms with Crippen LogP contribution in [0, 0.1) is 0 Å². The SMILES string of the molecule is CCCCCCC/C=C\C/C=C\CCCCCCCCCCCCCCCCCCCC(=O)OCC(COC(=O)CCCCCCCCCCCCC)OC(=O)CCCCCCCCCCCCCCCCCCCC. The van der Waals surface area contributed by atoms with E-state index in [2.05, 4.69) is 45.1 Å². The molecule has 0 saturated carbocycles. The summed E-state index contributed by atoms with van der Waals surface area (Å²) in [5.41, 5.74) is 0. The molecule has 0 amide bonds. The summed E-state index contributed by atoms with van der Waals surface area (Å²) in [6.45, 7) is 6.70. The molecular formula is C70H132O6. The molecule has 0 saturated heterocycles. The van der Waals surface area contributed by atoms with E-state index in [0.29, 0.717) is 19.3 Å². The number of hydrogen-bond acceptors (Lipinski definition) is 6. The first-order valence-electron chi connectivity index (χ1n) is 34.3. The first-order valence-corrected chi connectivity index (χ1v) is 34.3. The summed E-state index contributed by atoms with van der Waals surface area (Å²) in [5, 5.41) is 0. The van der Waals surface area contributed by atoms with Crippen LogP contribution in [-0.2, 0) is 28.6 Å². The van der Waals surface area contributed by atoms with Gasteiger partial charge in [0.1, 0.15) is 13.2 Å². The molecule has 0 fully saturated rings. The highest BCUT2D eigenvalue weighted by Crippen LogP contribution is 2.18. The standard InChI is InChI=1S/C70H132O6/c1-4-7-10-13-16-19-22-24-26-28-30-31-32-33-34-35-36-37-38-39-40-42-43-45-48-51-54-57-60-63-69(72)75-66-67(65-74-68(71)62-59-56-53-50-47-21-18-15-12-9-6-3)76-70(73)64-61-58-55-52-49-46-44-41-29-27-25-23-20-17-14-11-8-5-2/h22,24,28,30,67H,4-21,23,25-27,29,31-66H2,1-3H3/b24-22-,30-28-. The maximum Gasteiger partial charge on any atom is 0.306 e. The minimum atomic E-state index is -0.765. The van der Waals surface area contributed by atoms with Crippen LogP contribution in [-0.4, -0.2) is 37.2 Å². The van der Waals surface area contributed by atoms with Crippen molar-refractivity contribution in [1.29, 1.82) is 0 Å². The van der Waals surface area contributed by atoms with Gasteiger partial charge in [-0.2, -0.15) is 0 Å². The van der Waals surface area contributed by atoms with Crippen LogP contribution in [0.15, 0.2) is 24.3 Å². The molecule has 1 atom stereocenters. The van der Waals surface area contributed by atoms with Crippen molar-refractivity contribution in [1.82, 2.24) is 0 Å². The van der Waals surface area contributed by atoms with E-state index in [1.807, 2.05) is 0 Å². The van der Waals surface area contributed by atoms with E-state index in [9.17, 15) is 14.4 Å². The number of hydrogen-bond donors (Lipinski definition) is 0. The molecule has 0 radical (unpaired) electrons. The molecule has 0 rings (SSSR count). The van der Waals surface area contributed by atoms with Crippen molar-refractivity contribution in [2.45, 2.75) is 393 Å². The Kier molecular flexibility index (Phi) is 63.6. The summed E-state index contributed by atoms with van der Waals surface area (Å²) >= 11 is 0. The number of carbonyl (C=O) groups excluding carboxylic acids is 3. The molecule has 0 aromatic rings. The predicted molar refractivity (Wildman–Crippen MR) is 330 cm³/mol. The molecule has 0 aromatic heterocycles. The van der Waals surface area contributed by atoms with Crippen molar-refractivity contribution in [3.63, 3.8) is 0 Å². The lowest BCUT2D eigenvalue weighted by atomic mass is 10.0. The summed E-state index contributed by atoms with van der Waals surface area (Å²) in [6.07, 6.45) is 79.2. The fourth-order valence-corrected chi connectivity index (χ4v) is 10.5. The molecule has 448 valence electrons. The van der Waals surface area contributed by atoms with Crippen molar-refractivity contribution >= 4 is 17.9 Å². The first kappa shape index (κ1) is 73.9. The summed E-state index contributed by atoms with van der Waals surface area (Å²) in [5.74, 6) is -0.833. The summed E-state index contributed by atoms with van der Waals surface area (Å²) < 4.78 is 17.0. The molecule has 1 unspecified atom stereocenters. The minimum absolute atomic E-state index is 0.0637. The zero-order chi connectivity index (χ0) is 55.0. The molecular weight excluding hydrogens is 937 g/mol. The number of ether oxygens (including phenoxy) is 3. The Morgan fingerprint density at radius 1 is 0.263 bits per heavy atom. The van der Waals surface area contributed by atoms with Gasteiger partial charge in [0.25, 0.3) is 0 Å². The highest BCUT2D eigenvalue weighted by atomic mass is 16.6. The number of unbranched alkanes of at least 4 members (excludes halogenated alkanes) is 49. The van der Waals surface area contributed by atoms with Crippen LogP contribution in [0.1, 0.15) is 387 Å². The number of carbonyl (C=O) groups is 3. The van der Waals surface area contributed by atoms with Gasteiger partial charge in [0.05, 0.1) is 0 Å². The van der Waals surface area contributed by atoms with Gasteiger partial charge in [0, 0.05) is 19.3 Å². The molecule has 6 nitrogen and oxygen atoms in total. The van der Waals surface area contributed by atoms with Gasteiger partial charge < -0.3 is 14.2 Å². The Morgan fingerprint density at radius 3 is 0.724 bits per heavy atom. The third-order valence-corrected chi connectivity index (χ3v) is 15.7. The van der Waals surface area contributed by atoms with Gasteiger partial charge in [-0.1, -0.05) is 340 Å². The van der Waals surface area contributed by atoms with E-state index in [1.54, 1.807) is 0 Å². The van der Waals surface area contributed by atoms with Crippen molar-refractivity contribution < 1.29 is 28.6 Å². The Bertz CT molecular complexity index is 1230. The Balaban J connectivity index is 4.13. The zero-order valence-corrected chi connectivity index (χ0v) is 51.6. The van der Waals surface area contributed by atoms with Crippen LogP contribution in [0.2, 0.25) is 0 Å². The molecule has 6 heteroatoms. The average Bonchev–Trinajstić information content (AvgIpc) is 3.42. The lowest BCUT2D eigenvalue weighted by Gasteiger charge is -2.18. The van der Waals surface area contributed by atoms with Gasteiger partial charge in [-0.05, 0) is 51.4 Å². The van der Waals surface area contributed by atoms with E-state index in [4.69, 9.17) is 14.2 Å². The Morgan fingerprint density at radius 2 is 0.474 bits per heavy atom. The second-order valence-electron chi connectivity index (χ2n) is 23.5. The molecule has 0 bridgehead atoms. The normalized spacial score (nSPS) is 12.1. The lowest BCUT2D eigenvalue weighted by Crippen LogP contribution is -2.30. The quantitative estimate of drug-likeness (QED) is 0.0261. The van der Waals surface area contributed by atoms with Gasteiger partial charge in [0.2, 0.25) is 0 Å². The molecule has 0 spiro atoms. The summed E-state index contributed by atoms with van der Waals surface area (Å²) in [7, 11) is 0. The van der Waals surface area contributed by atoms with Crippen molar-refractivity contribution in [3.8, 4) is 0 Å². The van der Waals surface area contributed by atoms with E-state index >= 15 is 0 Å². The minimum Gasteiger partial charge on any atom is -0.462 e. The largest absolute Gasteiger partial charge is 0.462 e. The maximum atomic E-state index is 12.9. The third-order valence-electron chi connectivity index (χ3n) is 15.7. The first-order chi connectivity index (χ1) is 37.5. The molecule has 0 aliphatic rings. The van der Waals surface area contributed by atoms with E-state index in [-0.39, 0.29) is 31.1 Å². The fraction of sp³-hybridized carbons (Fsp3) is 0.900. The number of rotatable bonds is 64. The van der Waals surface area contributed by atoms with Crippen molar-refractivity contribution in [2.75, 3.05) is 13.2 Å². The molecule has 0 N–H and O–H groups in total. The van der Waals surface area contributed by atoms with Crippen LogP contribution in [0.5, 0.6) is 0 Å². The summed E-state index contributed by atoms with van der Waals surface area (Å²) in [4.78, 5) is 38.3. The topological polar surface area (TPSA) is 78.9 Å². The predicted octanol–water partition coefficient (Wildman–Crippen LogP) is 23.4. The average molecular weight is 1070 g/mol. The van der Waals surface area contributed by atoms with Crippen LogP contribution in [0.4, 0.5) is 0 Å². The number of esters is 3. The van der Waals surface area contributed by atoms with Crippen LogP contribution in [0.25, 0.3) is 0 Å². The van der Waals surface area contributed by atoms with E-state index in [0.717, 1.165) is 64.2 Å². The van der Waals surface area contributed by atoms with Gasteiger partial charge in [0.15, 0.2) is 6.10 Å². The van der Waals surface area contributed by atoms with E-state index < -0.39 is 6.10 Å². The maximum absolute atomic E-state index is 12.9. The van der Waals surface area contributed by atoms with Crippen LogP contribution >= 0.6 is 0 Å². The second-order valence-corrected chi connectivity index (χ2v) is 23.5. The van der Waals surface area contributed by atoms with Crippen LogP contribution in [0.3, 0.4) is 0 Å². The highest BCUT2D eigenvalue weighted by Gasteiger charge is 2.19. The zero-order valence-electron chi connectivity index (χ0n) is 51.6. The molecule has 76 heavy (non-hydrogen) atoms. The monoisotopic (exact) mass is 1070 g/mol. The summed E-state index contributed by atoms with van der Waals surface area (Å²) in [6, 6.07) is 0. The Hall–Kier alpha value is -2.11. The lowest BCUT2D eigenvalue weighted by molar-refractivity contribution is -0.167. The molecule has 0 heterocycles. The smallest absolute Gasteiger partial charge is 0.306 e. The van der Waals surface area contributed by atoms with Crippen LogP contribution < -0.4 is 0 Å². The van der Waals surface area contributed by atoms with Gasteiger partial charge in [-0.25, -0.2) is 0 Å². The molecule has 0 aromatic carbocycles. The van der Waals surface area contributed by atoms with Gasteiger partial charge in [-0.15, -0.1) is 0 Å². The number of allylic oxidation sites excluding steroid dienone is 4. The van der Waals surface area contributed by atoms with Gasteiger partial charge >= 0.3 is 17.9 Å². The third kappa shape index (κ3) is 62.7. The highest BCUT2D eigenvalue weighted by molar-refractivity contribution is 5.71. The molecule has 0 aliphatic carbocycles. The van der Waals surface area contributed by atoms with Crippen molar-refractivity contribution in [2.24, 2.45) is 0 Å².